The predicted molar refractivity (Wildman–Crippen MR) is 144 cm³/mol. The Morgan fingerprint density at radius 2 is 1.42 bits per heavy atom. The highest BCUT2D eigenvalue weighted by molar-refractivity contribution is 5.75. The normalized spacial score (nSPS) is 21.7. The van der Waals surface area contributed by atoms with Gasteiger partial charge in [0.2, 0.25) is 0 Å². The average Bonchev–Trinajstić information content (AvgIpc) is 3.72. The predicted octanol–water partition coefficient (Wildman–Crippen LogP) is 5.86. The van der Waals surface area contributed by atoms with Gasteiger partial charge in [-0.3, -0.25) is 0 Å². The van der Waals surface area contributed by atoms with Crippen LogP contribution in [0.5, 0.6) is 0 Å². The van der Waals surface area contributed by atoms with Crippen molar-refractivity contribution in [1.82, 2.24) is 30.6 Å². The number of nitrogens with one attached hydrogen (secondary N) is 4. The van der Waals surface area contributed by atoms with Gasteiger partial charge in [0, 0.05) is 11.3 Å². The molecule has 36 heavy (non-hydrogen) atoms. The van der Waals surface area contributed by atoms with Gasteiger partial charge >= 0.3 is 0 Å². The standard InChI is InChI=1S/C30H34N6/c1-2-6-24-28(36-30(34-24)26-8-4-16-32-26)23-14-13-21(17-22(23)5-1)19-9-11-20(12-10-19)27-18-33-29(35-27)25-7-3-15-31-25/h9-14,17-18,25-26,31-32H,1-8,15-16H2,(H,33,35)(H,34,36)/t25-,26-/m0/s1. The second-order valence-corrected chi connectivity index (χ2v) is 10.6. The molecule has 4 N–H and O–H groups in total. The number of fused-ring (bicyclic) bond motifs is 3. The molecular formula is C30H34N6. The van der Waals surface area contributed by atoms with E-state index < -0.39 is 0 Å². The van der Waals surface area contributed by atoms with Crippen LogP contribution in [0, 0.1) is 0 Å². The molecule has 6 nitrogen and oxygen atoms in total. The first kappa shape index (κ1) is 22.0. The van der Waals surface area contributed by atoms with Crippen LogP contribution in [0.3, 0.4) is 0 Å². The summed E-state index contributed by atoms with van der Waals surface area (Å²) in [6, 6.07) is 16.6. The molecule has 2 fully saturated rings. The molecule has 6 heteroatoms. The number of aromatic nitrogens is 4. The smallest absolute Gasteiger partial charge is 0.124 e. The Morgan fingerprint density at radius 3 is 2.19 bits per heavy atom. The summed E-state index contributed by atoms with van der Waals surface area (Å²) < 4.78 is 0. The van der Waals surface area contributed by atoms with Gasteiger partial charge in [0.05, 0.1) is 29.7 Å². The fraction of sp³-hybridized carbons (Fsp3) is 0.400. The summed E-state index contributed by atoms with van der Waals surface area (Å²) in [5.74, 6) is 2.17. The second kappa shape index (κ2) is 9.34. The summed E-state index contributed by atoms with van der Waals surface area (Å²) in [6.07, 6.45) is 11.3. The summed E-state index contributed by atoms with van der Waals surface area (Å²) in [5.41, 5.74) is 9.98. The fourth-order valence-electron chi connectivity index (χ4n) is 6.17. The van der Waals surface area contributed by atoms with E-state index in [0.29, 0.717) is 12.1 Å². The van der Waals surface area contributed by atoms with Crippen molar-refractivity contribution in [3.8, 4) is 33.6 Å². The molecular weight excluding hydrogens is 444 g/mol. The minimum absolute atomic E-state index is 0.363. The zero-order chi connectivity index (χ0) is 23.9. The molecule has 2 aliphatic heterocycles. The Kier molecular flexibility index (Phi) is 5.71. The Morgan fingerprint density at radius 1 is 0.694 bits per heavy atom. The van der Waals surface area contributed by atoms with Crippen LogP contribution >= 0.6 is 0 Å². The zero-order valence-electron chi connectivity index (χ0n) is 20.7. The number of benzene rings is 2. The first-order chi connectivity index (χ1) is 17.8. The minimum atomic E-state index is 0.363. The lowest BCUT2D eigenvalue weighted by atomic mass is 9.90. The van der Waals surface area contributed by atoms with Crippen molar-refractivity contribution < 1.29 is 0 Å². The Bertz CT molecular complexity index is 1350. The van der Waals surface area contributed by atoms with Crippen LogP contribution in [-0.2, 0) is 12.8 Å². The van der Waals surface area contributed by atoms with Gasteiger partial charge in [-0.1, -0.05) is 42.5 Å². The van der Waals surface area contributed by atoms with Crippen LogP contribution in [0.1, 0.15) is 73.5 Å². The lowest BCUT2D eigenvalue weighted by molar-refractivity contribution is 0.610. The van der Waals surface area contributed by atoms with Crippen molar-refractivity contribution in [2.24, 2.45) is 0 Å². The lowest BCUT2D eigenvalue weighted by Gasteiger charge is -2.15. The van der Waals surface area contributed by atoms with Gasteiger partial charge in [0.1, 0.15) is 11.6 Å². The highest BCUT2D eigenvalue weighted by Crippen LogP contribution is 2.35. The molecule has 0 bridgehead atoms. The number of hydrogen-bond acceptors (Lipinski definition) is 4. The third kappa shape index (κ3) is 4.08. The van der Waals surface area contributed by atoms with Gasteiger partial charge in [-0.2, -0.15) is 0 Å². The Balaban J connectivity index is 1.16. The third-order valence-electron chi connectivity index (χ3n) is 8.19. The van der Waals surface area contributed by atoms with E-state index in [0.717, 1.165) is 49.7 Å². The number of imidazole rings is 2. The molecule has 4 heterocycles. The highest BCUT2D eigenvalue weighted by atomic mass is 15.1. The molecule has 0 saturated carbocycles. The maximum Gasteiger partial charge on any atom is 0.124 e. The lowest BCUT2D eigenvalue weighted by Crippen LogP contribution is -2.14. The number of H-pyrrole nitrogens is 2. The van der Waals surface area contributed by atoms with E-state index in [4.69, 9.17) is 4.98 Å². The van der Waals surface area contributed by atoms with E-state index in [1.807, 2.05) is 6.20 Å². The molecule has 0 radical (unpaired) electrons. The van der Waals surface area contributed by atoms with Gasteiger partial charge in [0.15, 0.2) is 0 Å². The van der Waals surface area contributed by atoms with Crippen molar-refractivity contribution >= 4 is 0 Å². The first-order valence-electron chi connectivity index (χ1n) is 13.7. The number of rotatable bonds is 4. The Labute approximate surface area is 212 Å². The van der Waals surface area contributed by atoms with Crippen molar-refractivity contribution in [3.63, 3.8) is 0 Å². The zero-order valence-corrected chi connectivity index (χ0v) is 20.7. The highest BCUT2D eigenvalue weighted by Gasteiger charge is 2.24. The van der Waals surface area contributed by atoms with E-state index in [1.54, 1.807) is 0 Å². The van der Waals surface area contributed by atoms with Crippen LogP contribution in [0.2, 0.25) is 0 Å². The van der Waals surface area contributed by atoms with Gasteiger partial charge in [-0.25, -0.2) is 9.97 Å². The summed E-state index contributed by atoms with van der Waals surface area (Å²) in [6.45, 7) is 2.17. The number of aromatic amines is 2. The molecule has 3 aliphatic rings. The van der Waals surface area contributed by atoms with E-state index in [2.05, 4.69) is 68.1 Å². The van der Waals surface area contributed by atoms with Gasteiger partial charge in [-0.05, 0) is 86.7 Å². The molecule has 2 aromatic carbocycles. The summed E-state index contributed by atoms with van der Waals surface area (Å²) in [4.78, 5) is 17.0. The van der Waals surface area contributed by atoms with Crippen molar-refractivity contribution in [1.29, 1.82) is 0 Å². The summed E-state index contributed by atoms with van der Waals surface area (Å²) >= 11 is 0. The molecule has 2 atom stereocenters. The topological polar surface area (TPSA) is 81.4 Å². The Hall–Kier alpha value is -3.22. The van der Waals surface area contributed by atoms with E-state index >= 15 is 0 Å². The van der Waals surface area contributed by atoms with E-state index in [-0.39, 0.29) is 0 Å². The minimum Gasteiger partial charge on any atom is -0.344 e. The van der Waals surface area contributed by atoms with Crippen LogP contribution in [-0.4, -0.2) is 33.0 Å². The van der Waals surface area contributed by atoms with Crippen molar-refractivity contribution in [2.75, 3.05) is 13.1 Å². The maximum absolute atomic E-state index is 5.12. The van der Waals surface area contributed by atoms with Gasteiger partial charge in [-0.15, -0.1) is 0 Å². The third-order valence-corrected chi connectivity index (χ3v) is 8.19. The van der Waals surface area contributed by atoms with E-state index in [1.165, 1.54) is 71.3 Å². The first-order valence-corrected chi connectivity index (χ1v) is 13.7. The van der Waals surface area contributed by atoms with Crippen LogP contribution in [0.15, 0.2) is 48.7 Å². The van der Waals surface area contributed by atoms with Crippen LogP contribution in [0.4, 0.5) is 0 Å². The average molecular weight is 479 g/mol. The molecule has 184 valence electrons. The number of nitrogens with zero attached hydrogens (tertiary/aromatic N) is 2. The molecule has 0 amide bonds. The van der Waals surface area contributed by atoms with Crippen molar-refractivity contribution in [3.05, 3.63) is 71.6 Å². The molecule has 1 aliphatic carbocycles. The largest absolute Gasteiger partial charge is 0.344 e. The molecule has 2 saturated heterocycles. The van der Waals surface area contributed by atoms with Gasteiger partial charge < -0.3 is 20.6 Å². The molecule has 7 rings (SSSR count). The van der Waals surface area contributed by atoms with E-state index in [9.17, 15) is 0 Å². The molecule has 0 spiro atoms. The maximum atomic E-state index is 5.12. The second-order valence-electron chi connectivity index (χ2n) is 10.6. The van der Waals surface area contributed by atoms with Crippen LogP contribution < -0.4 is 10.6 Å². The number of aryl methyl sites for hydroxylation is 2. The fourth-order valence-corrected chi connectivity index (χ4v) is 6.17. The summed E-state index contributed by atoms with van der Waals surface area (Å²) in [5, 5.41) is 7.12. The molecule has 4 aromatic rings. The SMILES string of the molecule is c1cc(-c2cnc([C@@H]3CCCN3)[nH]2)ccc1-c1ccc2c(c1)CCCCc1[nH]c([C@@H]3CCCN3)nc1-2. The van der Waals surface area contributed by atoms with Crippen molar-refractivity contribution in [2.45, 2.75) is 63.5 Å². The van der Waals surface area contributed by atoms with Crippen LogP contribution in [0.25, 0.3) is 33.6 Å². The monoisotopic (exact) mass is 478 g/mol. The quantitative estimate of drug-likeness (QED) is 0.296. The number of hydrogen-bond donors (Lipinski definition) is 4. The summed E-state index contributed by atoms with van der Waals surface area (Å²) in [7, 11) is 0. The molecule has 2 aromatic heterocycles. The van der Waals surface area contributed by atoms with Gasteiger partial charge in [0.25, 0.3) is 0 Å². The molecule has 0 unspecified atom stereocenters.